The van der Waals surface area contributed by atoms with Crippen molar-refractivity contribution in [3.63, 3.8) is 0 Å². The van der Waals surface area contributed by atoms with Crippen LogP contribution in [-0.4, -0.2) is 10.2 Å². The summed E-state index contributed by atoms with van der Waals surface area (Å²) in [6.07, 6.45) is 6.27. The van der Waals surface area contributed by atoms with Crippen molar-refractivity contribution < 1.29 is 4.79 Å². The molecule has 1 unspecified atom stereocenters. The summed E-state index contributed by atoms with van der Waals surface area (Å²) in [7, 11) is 0. The summed E-state index contributed by atoms with van der Waals surface area (Å²) in [5.74, 6) is -0.333. The number of carbonyl (C=O) groups excluding carboxylic acids is 1. The van der Waals surface area contributed by atoms with Crippen molar-refractivity contribution in [2.75, 3.05) is 0 Å². The van der Waals surface area contributed by atoms with Crippen LogP contribution < -0.4 is 5.73 Å². The van der Waals surface area contributed by atoms with Gasteiger partial charge in [-0.25, -0.2) is 0 Å². The maximum atomic E-state index is 10.7. The molecule has 2 N–H and O–H groups in total. The lowest BCUT2D eigenvalue weighted by molar-refractivity contribution is -0.114. The van der Waals surface area contributed by atoms with Gasteiger partial charge in [-0.15, -0.1) is 0 Å². The Morgan fingerprint density at radius 2 is 2.45 bits per heavy atom. The van der Waals surface area contributed by atoms with Crippen LogP contribution in [0.4, 0.5) is 0 Å². The number of hydrogen-bond donors (Lipinski definition) is 1. The van der Waals surface area contributed by atoms with Gasteiger partial charge in [0.2, 0.25) is 5.91 Å². The lowest BCUT2D eigenvalue weighted by Crippen LogP contribution is -2.23. The smallest absolute Gasteiger partial charge is 0.244 e. The van der Waals surface area contributed by atoms with Gasteiger partial charge in [-0.3, -0.25) is 4.79 Å². The van der Waals surface area contributed by atoms with E-state index in [4.69, 9.17) is 5.73 Å². The van der Waals surface area contributed by atoms with Gasteiger partial charge in [0.15, 0.2) is 0 Å². The normalized spacial score (nSPS) is 29.8. The van der Waals surface area contributed by atoms with E-state index in [1.165, 1.54) is 0 Å². The van der Waals surface area contributed by atoms with Gasteiger partial charge in [0.05, 0.1) is 0 Å². The fraction of sp³-hybridized carbons (Fsp3) is 0.375. The summed E-state index contributed by atoms with van der Waals surface area (Å²) in [6.45, 7) is 2.00. The first-order valence-electron chi connectivity index (χ1n) is 3.38. The van der Waals surface area contributed by atoms with Crippen LogP contribution in [0.25, 0.3) is 0 Å². The van der Waals surface area contributed by atoms with Crippen LogP contribution in [0.5, 0.6) is 0 Å². The number of allylic oxidation sites excluding steroid dienone is 3. The average molecular weight is 216 g/mol. The molecule has 3 heteroatoms. The molecule has 1 aliphatic rings. The molecule has 11 heavy (non-hydrogen) atoms. The Morgan fingerprint density at radius 3 is 2.82 bits per heavy atom. The highest BCUT2D eigenvalue weighted by Crippen LogP contribution is 2.30. The van der Waals surface area contributed by atoms with E-state index in [1.54, 1.807) is 6.08 Å². The van der Waals surface area contributed by atoms with Crippen LogP contribution in [0.2, 0.25) is 0 Å². The zero-order valence-electron chi connectivity index (χ0n) is 6.30. The van der Waals surface area contributed by atoms with Gasteiger partial charge in [0, 0.05) is 9.90 Å². The molecule has 0 aliphatic heterocycles. The van der Waals surface area contributed by atoms with Crippen molar-refractivity contribution >= 4 is 21.8 Å². The number of primary amides is 1. The molecule has 1 aliphatic carbocycles. The highest BCUT2D eigenvalue weighted by Gasteiger charge is 2.22. The van der Waals surface area contributed by atoms with Crippen molar-refractivity contribution in [2.45, 2.75) is 17.7 Å². The molecule has 1 atom stereocenters. The van der Waals surface area contributed by atoms with Gasteiger partial charge in [-0.05, 0) is 13.3 Å². The summed E-state index contributed by atoms with van der Waals surface area (Å²) < 4.78 is -0.105. The van der Waals surface area contributed by atoms with E-state index in [2.05, 4.69) is 15.9 Å². The Hall–Kier alpha value is -0.570. The SMILES string of the molecule is CC1(Br)C=CC=C(C(N)=O)C1. The highest BCUT2D eigenvalue weighted by atomic mass is 79.9. The minimum Gasteiger partial charge on any atom is -0.366 e. The molecule has 0 bridgehead atoms. The number of halogens is 1. The Morgan fingerprint density at radius 1 is 1.82 bits per heavy atom. The van der Waals surface area contributed by atoms with Crippen molar-refractivity contribution in [1.29, 1.82) is 0 Å². The average Bonchev–Trinajstić information content (AvgIpc) is 1.85. The van der Waals surface area contributed by atoms with Gasteiger partial charge >= 0.3 is 0 Å². The minimum atomic E-state index is -0.333. The molecule has 0 saturated heterocycles. The number of carbonyl (C=O) groups is 1. The van der Waals surface area contributed by atoms with E-state index < -0.39 is 0 Å². The summed E-state index contributed by atoms with van der Waals surface area (Å²) in [4.78, 5) is 10.7. The third kappa shape index (κ3) is 2.19. The largest absolute Gasteiger partial charge is 0.366 e. The molecule has 1 rings (SSSR count). The molecule has 0 heterocycles. The predicted octanol–water partition coefficient (Wildman–Crippen LogP) is 1.51. The molecule has 2 nitrogen and oxygen atoms in total. The van der Waals surface area contributed by atoms with E-state index in [0.29, 0.717) is 12.0 Å². The fourth-order valence-electron chi connectivity index (χ4n) is 1.02. The van der Waals surface area contributed by atoms with Crippen LogP contribution in [-0.2, 0) is 4.79 Å². The van der Waals surface area contributed by atoms with E-state index in [1.807, 2.05) is 19.1 Å². The second kappa shape index (κ2) is 2.81. The van der Waals surface area contributed by atoms with E-state index in [0.717, 1.165) is 0 Å². The van der Waals surface area contributed by atoms with E-state index in [9.17, 15) is 4.79 Å². The Bertz CT molecular complexity index is 240. The number of rotatable bonds is 1. The molecular weight excluding hydrogens is 206 g/mol. The first kappa shape index (κ1) is 8.53. The van der Waals surface area contributed by atoms with Crippen molar-refractivity contribution in [3.8, 4) is 0 Å². The van der Waals surface area contributed by atoms with Crippen LogP contribution >= 0.6 is 15.9 Å². The highest BCUT2D eigenvalue weighted by molar-refractivity contribution is 9.10. The van der Waals surface area contributed by atoms with Gasteiger partial charge in [0.1, 0.15) is 0 Å². The zero-order valence-corrected chi connectivity index (χ0v) is 7.89. The molecular formula is C8H10BrNO. The van der Waals surface area contributed by atoms with Crippen LogP contribution in [0.15, 0.2) is 23.8 Å². The summed E-state index contributed by atoms with van der Waals surface area (Å²) in [6, 6.07) is 0. The van der Waals surface area contributed by atoms with Crippen LogP contribution in [0.1, 0.15) is 13.3 Å². The van der Waals surface area contributed by atoms with Crippen molar-refractivity contribution in [1.82, 2.24) is 0 Å². The quantitative estimate of drug-likeness (QED) is 0.663. The molecule has 0 fully saturated rings. The molecule has 0 radical (unpaired) electrons. The summed E-state index contributed by atoms with van der Waals surface area (Å²) in [5.41, 5.74) is 5.80. The van der Waals surface area contributed by atoms with Gasteiger partial charge in [-0.1, -0.05) is 34.2 Å². The van der Waals surface area contributed by atoms with Crippen LogP contribution in [0, 0.1) is 0 Å². The second-order valence-corrected chi connectivity index (χ2v) is 4.68. The monoisotopic (exact) mass is 215 g/mol. The van der Waals surface area contributed by atoms with E-state index in [-0.39, 0.29) is 10.2 Å². The number of hydrogen-bond acceptors (Lipinski definition) is 1. The maximum absolute atomic E-state index is 10.7. The van der Waals surface area contributed by atoms with Gasteiger partial charge in [0.25, 0.3) is 0 Å². The Kier molecular flexibility index (Phi) is 2.18. The fourth-order valence-corrected chi connectivity index (χ4v) is 1.48. The molecule has 0 spiro atoms. The first-order valence-corrected chi connectivity index (χ1v) is 4.18. The Balaban J connectivity index is 2.81. The van der Waals surface area contributed by atoms with Crippen molar-refractivity contribution in [3.05, 3.63) is 23.8 Å². The predicted molar refractivity (Wildman–Crippen MR) is 48.4 cm³/mol. The minimum absolute atomic E-state index is 0.105. The molecule has 0 aromatic carbocycles. The van der Waals surface area contributed by atoms with E-state index >= 15 is 0 Å². The molecule has 60 valence electrons. The topological polar surface area (TPSA) is 43.1 Å². The third-order valence-electron chi connectivity index (χ3n) is 1.59. The van der Waals surface area contributed by atoms with Crippen molar-refractivity contribution in [2.24, 2.45) is 5.73 Å². The molecule has 1 amide bonds. The maximum Gasteiger partial charge on any atom is 0.244 e. The molecule has 0 aromatic heterocycles. The van der Waals surface area contributed by atoms with Gasteiger partial charge < -0.3 is 5.73 Å². The lowest BCUT2D eigenvalue weighted by atomic mass is 9.95. The van der Waals surface area contributed by atoms with Crippen LogP contribution in [0.3, 0.4) is 0 Å². The zero-order chi connectivity index (χ0) is 8.48. The number of alkyl halides is 1. The Labute approximate surface area is 74.3 Å². The number of nitrogens with two attached hydrogens (primary N) is 1. The summed E-state index contributed by atoms with van der Waals surface area (Å²) >= 11 is 3.47. The third-order valence-corrected chi connectivity index (χ3v) is 2.14. The molecule has 0 saturated carbocycles. The molecule has 0 aromatic rings. The first-order chi connectivity index (χ1) is 5.01. The number of amides is 1. The summed E-state index contributed by atoms with van der Waals surface area (Å²) in [5, 5.41) is 0. The standard InChI is InChI=1S/C8H10BrNO/c1-8(9)4-2-3-6(5-8)7(10)11/h2-4H,5H2,1H3,(H2,10,11). The second-order valence-electron chi connectivity index (χ2n) is 2.87. The lowest BCUT2D eigenvalue weighted by Gasteiger charge is -2.21. The van der Waals surface area contributed by atoms with Gasteiger partial charge in [-0.2, -0.15) is 0 Å².